The maximum Gasteiger partial charge on any atom is 0.279 e. The maximum absolute atomic E-state index is 11.1. The van der Waals surface area contributed by atoms with Crippen LogP contribution >= 0.6 is 0 Å². The van der Waals surface area contributed by atoms with Gasteiger partial charge >= 0.3 is 0 Å². The molecule has 1 aromatic rings. The fraction of sp³-hybridized carbons (Fsp3) is 0.400. The average Bonchev–Trinajstić information content (AvgIpc) is 2.33. The third-order valence-electron chi connectivity index (χ3n) is 1.12. The third kappa shape index (κ3) is 1.28. The van der Waals surface area contributed by atoms with Crippen LogP contribution in [0.15, 0.2) is 4.63 Å². The highest BCUT2D eigenvalue weighted by Gasteiger charge is 2.16. The number of nitrogens with zero attached hydrogens (tertiary/aromatic N) is 3. The fourth-order valence-electron chi connectivity index (χ4n) is 0.556. The lowest BCUT2D eigenvalue weighted by Crippen LogP contribution is -2.22. The first-order valence-electron chi connectivity index (χ1n) is 2.92. The zero-order chi connectivity index (χ0) is 8.43. The molecule has 0 spiro atoms. The van der Waals surface area contributed by atoms with E-state index in [0.717, 1.165) is 0 Å². The lowest BCUT2D eigenvalue weighted by Gasteiger charge is -2.05. The average molecular weight is 156 g/mol. The van der Waals surface area contributed by atoms with Crippen molar-refractivity contribution >= 4 is 11.7 Å². The molecule has 0 aliphatic carbocycles. The second kappa shape index (κ2) is 2.57. The summed E-state index contributed by atoms with van der Waals surface area (Å²) in [6.07, 6.45) is 0. The SMILES string of the molecule is CN(C)C(=O)c1nonc1N. The van der Waals surface area contributed by atoms with Crippen LogP contribution in [0.25, 0.3) is 0 Å². The molecular formula is C5H8N4O2. The van der Waals surface area contributed by atoms with Crippen molar-refractivity contribution in [3.05, 3.63) is 5.69 Å². The Kier molecular flexibility index (Phi) is 1.75. The van der Waals surface area contributed by atoms with Crippen LogP contribution in [0.2, 0.25) is 0 Å². The van der Waals surface area contributed by atoms with Crippen molar-refractivity contribution in [1.82, 2.24) is 15.2 Å². The van der Waals surface area contributed by atoms with Gasteiger partial charge in [0.15, 0.2) is 0 Å². The second-order valence-electron chi connectivity index (χ2n) is 2.20. The summed E-state index contributed by atoms with van der Waals surface area (Å²) in [5, 5.41) is 6.60. The minimum atomic E-state index is -0.316. The first-order valence-corrected chi connectivity index (χ1v) is 2.92. The van der Waals surface area contributed by atoms with Gasteiger partial charge in [0.1, 0.15) is 0 Å². The van der Waals surface area contributed by atoms with Crippen LogP contribution in [0.5, 0.6) is 0 Å². The highest BCUT2D eigenvalue weighted by Crippen LogP contribution is 2.05. The van der Waals surface area contributed by atoms with Gasteiger partial charge in [0.25, 0.3) is 5.91 Å². The van der Waals surface area contributed by atoms with Gasteiger partial charge in [-0.1, -0.05) is 0 Å². The number of carbonyl (C=O) groups excluding carboxylic acids is 1. The molecule has 0 aromatic carbocycles. The Balaban J connectivity index is 2.93. The van der Waals surface area contributed by atoms with Gasteiger partial charge in [-0.15, -0.1) is 0 Å². The van der Waals surface area contributed by atoms with Crippen LogP contribution < -0.4 is 5.73 Å². The van der Waals surface area contributed by atoms with Gasteiger partial charge in [-0.25, -0.2) is 4.63 Å². The molecule has 0 aliphatic rings. The highest BCUT2D eigenvalue weighted by atomic mass is 16.6. The Bertz CT molecular complexity index is 267. The Morgan fingerprint density at radius 2 is 2.18 bits per heavy atom. The standard InChI is InChI=1S/C5H8N4O2/c1-9(2)5(10)3-4(6)8-11-7-3/h1-2H3,(H2,6,8). The number of amides is 1. The van der Waals surface area contributed by atoms with Crippen molar-refractivity contribution in [2.45, 2.75) is 0 Å². The topological polar surface area (TPSA) is 85.2 Å². The van der Waals surface area contributed by atoms with Crippen LogP contribution in [-0.4, -0.2) is 35.2 Å². The second-order valence-corrected chi connectivity index (χ2v) is 2.20. The van der Waals surface area contributed by atoms with Crippen LogP contribution in [0.4, 0.5) is 5.82 Å². The molecule has 1 heterocycles. The van der Waals surface area contributed by atoms with E-state index in [4.69, 9.17) is 5.73 Å². The molecule has 6 heteroatoms. The number of aromatic nitrogens is 2. The number of anilines is 1. The highest BCUT2D eigenvalue weighted by molar-refractivity contribution is 5.95. The van der Waals surface area contributed by atoms with Crippen molar-refractivity contribution < 1.29 is 9.42 Å². The Labute approximate surface area is 62.9 Å². The molecule has 0 saturated heterocycles. The molecule has 2 N–H and O–H groups in total. The molecule has 0 fully saturated rings. The monoisotopic (exact) mass is 156 g/mol. The maximum atomic E-state index is 11.1. The van der Waals surface area contributed by atoms with Gasteiger partial charge in [-0.2, -0.15) is 0 Å². The van der Waals surface area contributed by atoms with Gasteiger partial charge in [0.2, 0.25) is 11.5 Å². The molecule has 1 amide bonds. The Morgan fingerprint density at radius 1 is 1.55 bits per heavy atom. The lowest BCUT2D eigenvalue weighted by molar-refractivity contribution is 0.0817. The number of carbonyl (C=O) groups is 1. The predicted octanol–water partition coefficient (Wildman–Crippen LogP) is -0.646. The van der Waals surface area contributed by atoms with E-state index in [9.17, 15) is 4.79 Å². The number of rotatable bonds is 1. The first kappa shape index (κ1) is 7.52. The summed E-state index contributed by atoms with van der Waals surface area (Å²) in [7, 11) is 3.19. The third-order valence-corrected chi connectivity index (χ3v) is 1.12. The van der Waals surface area contributed by atoms with E-state index in [-0.39, 0.29) is 17.4 Å². The summed E-state index contributed by atoms with van der Waals surface area (Å²) in [6.45, 7) is 0. The van der Waals surface area contributed by atoms with E-state index in [0.29, 0.717) is 0 Å². The van der Waals surface area contributed by atoms with Crippen molar-refractivity contribution in [2.75, 3.05) is 19.8 Å². The zero-order valence-corrected chi connectivity index (χ0v) is 6.24. The van der Waals surface area contributed by atoms with E-state index in [1.165, 1.54) is 4.90 Å². The molecule has 0 unspecified atom stereocenters. The minimum Gasteiger partial charge on any atom is -0.379 e. The molecule has 11 heavy (non-hydrogen) atoms. The van der Waals surface area contributed by atoms with Crippen LogP contribution in [0, 0.1) is 0 Å². The van der Waals surface area contributed by atoms with E-state index in [1.807, 2.05) is 0 Å². The van der Waals surface area contributed by atoms with Gasteiger partial charge < -0.3 is 10.6 Å². The first-order chi connectivity index (χ1) is 5.13. The molecule has 60 valence electrons. The molecule has 0 bridgehead atoms. The molecule has 1 rings (SSSR count). The largest absolute Gasteiger partial charge is 0.379 e. The number of hydrogen-bond donors (Lipinski definition) is 1. The molecule has 6 nitrogen and oxygen atoms in total. The van der Waals surface area contributed by atoms with Gasteiger partial charge in [0.05, 0.1) is 0 Å². The summed E-state index contributed by atoms with van der Waals surface area (Å²) < 4.78 is 4.24. The smallest absolute Gasteiger partial charge is 0.279 e. The predicted molar refractivity (Wildman–Crippen MR) is 36.7 cm³/mol. The van der Waals surface area contributed by atoms with Crippen molar-refractivity contribution in [1.29, 1.82) is 0 Å². The molecule has 0 atom stereocenters. The minimum absolute atomic E-state index is 0.0173. The van der Waals surface area contributed by atoms with Gasteiger partial charge in [-0.05, 0) is 10.3 Å². The quantitative estimate of drug-likeness (QED) is 0.584. The van der Waals surface area contributed by atoms with Crippen LogP contribution in [0.3, 0.4) is 0 Å². The lowest BCUT2D eigenvalue weighted by atomic mass is 10.4. The molecule has 0 aliphatic heterocycles. The van der Waals surface area contributed by atoms with E-state index >= 15 is 0 Å². The molecular weight excluding hydrogens is 148 g/mol. The number of hydrogen-bond acceptors (Lipinski definition) is 5. The Hall–Kier alpha value is -1.59. The van der Waals surface area contributed by atoms with E-state index < -0.39 is 0 Å². The van der Waals surface area contributed by atoms with E-state index in [2.05, 4.69) is 14.9 Å². The summed E-state index contributed by atoms with van der Waals surface area (Å²) in [5.74, 6) is -0.299. The van der Waals surface area contributed by atoms with Gasteiger partial charge in [-0.3, -0.25) is 4.79 Å². The van der Waals surface area contributed by atoms with Crippen molar-refractivity contribution in [2.24, 2.45) is 0 Å². The molecule has 1 aromatic heterocycles. The summed E-state index contributed by atoms with van der Waals surface area (Å²) in [6, 6.07) is 0. The number of nitrogen functional groups attached to an aromatic ring is 1. The summed E-state index contributed by atoms with van der Waals surface area (Å²) in [4.78, 5) is 12.5. The molecule has 0 saturated carbocycles. The zero-order valence-electron chi connectivity index (χ0n) is 6.24. The fourth-order valence-corrected chi connectivity index (χ4v) is 0.556. The van der Waals surface area contributed by atoms with Crippen LogP contribution in [-0.2, 0) is 0 Å². The van der Waals surface area contributed by atoms with E-state index in [1.54, 1.807) is 14.1 Å². The number of nitrogens with two attached hydrogens (primary N) is 1. The summed E-state index contributed by atoms with van der Waals surface area (Å²) in [5.41, 5.74) is 5.32. The normalized spacial score (nSPS) is 9.64. The van der Waals surface area contributed by atoms with Crippen molar-refractivity contribution in [3.8, 4) is 0 Å². The molecule has 0 radical (unpaired) electrons. The van der Waals surface area contributed by atoms with Crippen LogP contribution in [0.1, 0.15) is 10.5 Å². The van der Waals surface area contributed by atoms with Crippen molar-refractivity contribution in [3.63, 3.8) is 0 Å². The summed E-state index contributed by atoms with van der Waals surface area (Å²) >= 11 is 0. The Morgan fingerprint density at radius 3 is 2.55 bits per heavy atom. The van der Waals surface area contributed by atoms with Gasteiger partial charge in [0, 0.05) is 14.1 Å².